The van der Waals surface area contributed by atoms with E-state index < -0.39 is 11.4 Å². The van der Waals surface area contributed by atoms with Crippen molar-refractivity contribution in [1.82, 2.24) is 4.98 Å². The number of nitrogens with zero attached hydrogens (tertiary/aromatic N) is 1. The Morgan fingerprint density at radius 3 is 2.71 bits per heavy atom. The molecule has 0 aliphatic heterocycles. The van der Waals surface area contributed by atoms with Crippen molar-refractivity contribution in [2.24, 2.45) is 0 Å². The monoisotopic (exact) mass is 229 g/mol. The number of carboxylic acid groups (broad SMARTS) is 1. The van der Waals surface area contributed by atoms with Crippen LogP contribution in [0.3, 0.4) is 0 Å². The predicted molar refractivity (Wildman–Crippen MR) is 60.7 cm³/mol. The van der Waals surface area contributed by atoms with E-state index in [0.29, 0.717) is 0 Å². The van der Waals surface area contributed by atoms with Crippen molar-refractivity contribution in [2.75, 3.05) is 5.73 Å². The summed E-state index contributed by atoms with van der Waals surface area (Å²) in [5, 5.41) is 17.7. The zero-order valence-corrected chi connectivity index (χ0v) is 8.52. The van der Waals surface area contributed by atoms with Crippen molar-refractivity contribution in [3.05, 3.63) is 39.7 Å². The number of benzene rings is 1. The number of nitriles is 1. The molecule has 17 heavy (non-hydrogen) atoms. The number of nitrogen functional groups attached to an aromatic ring is 1. The molecule has 1 heterocycles. The minimum Gasteiger partial charge on any atom is -0.477 e. The topological polar surface area (TPSA) is 120 Å². The third kappa shape index (κ3) is 1.70. The number of aromatic nitrogens is 1. The van der Waals surface area contributed by atoms with Gasteiger partial charge in [0.15, 0.2) is 5.43 Å². The third-order valence-electron chi connectivity index (χ3n) is 2.33. The maximum Gasteiger partial charge on any atom is 0.352 e. The lowest BCUT2D eigenvalue weighted by molar-refractivity contribution is 0.0691. The molecular formula is C11H7N3O3. The number of pyridine rings is 1. The smallest absolute Gasteiger partial charge is 0.352 e. The summed E-state index contributed by atoms with van der Waals surface area (Å²) in [6.45, 7) is 0. The number of carboxylic acids is 1. The molecule has 0 saturated carbocycles. The van der Waals surface area contributed by atoms with Gasteiger partial charge in [0.2, 0.25) is 0 Å². The molecule has 2 aromatic rings. The van der Waals surface area contributed by atoms with E-state index in [4.69, 9.17) is 16.1 Å². The lowest BCUT2D eigenvalue weighted by Gasteiger charge is -2.04. The fourth-order valence-electron chi connectivity index (χ4n) is 1.56. The fraction of sp³-hybridized carbons (Fsp3) is 0. The second kappa shape index (κ2) is 3.64. The summed E-state index contributed by atoms with van der Waals surface area (Å²) in [6.07, 6.45) is 0. The number of nitrogens with two attached hydrogens (primary N) is 1. The molecule has 6 heteroatoms. The van der Waals surface area contributed by atoms with Crippen LogP contribution in [0.4, 0.5) is 5.69 Å². The van der Waals surface area contributed by atoms with Gasteiger partial charge in [-0.3, -0.25) is 4.79 Å². The quantitative estimate of drug-likeness (QED) is 0.621. The van der Waals surface area contributed by atoms with Crippen LogP contribution in [0.5, 0.6) is 0 Å². The number of aromatic amines is 1. The predicted octanol–water partition coefficient (Wildman–Crippen LogP) is 0.680. The molecule has 0 bridgehead atoms. The number of aromatic carboxylic acids is 1. The van der Waals surface area contributed by atoms with Crippen molar-refractivity contribution in [3.63, 3.8) is 0 Å². The summed E-state index contributed by atoms with van der Waals surface area (Å²) >= 11 is 0. The normalized spacial score (nSPS) is 10.1. The summed E-state index contributed by atoms with van der Waals surface area (Å²) < 4.78 is 0. The van der Waals surface area contributed by atoms with Crippen LogP contribution in [0.25, 0.3) is 10.9 Å². The van der Waals surface area contributed by atoms with E-state index in [1.807, 2.05) is 6.07 Å². The summed E-state index contributed by atoms with van der Waals surface area (Å²) in [5.41, 5.74) is 5.58. The Kier molecular flexibility index (Phi) is 2.29. The standard InChI is InChI=1S/C11H7N3O3/c12-4-5-1-6-9(15)3-8(11(16)17)14-10(6)7(13)2-5/h1-3H,13H2,(H,14,15)(H,16,17). The minimum absolute atomic E-state index is 0.166. The Bertz CT molecular complexity index is 725. The molecule has 1 aromatic carbocycles. The summed E-state index contributed by atoms with van der Waals surface area (Å²) in [4.78, 5) is 25.0. The van der Waals surface area contributed by atoms with Crippen LogP contribution >= 0.6 is 0 Å². The third-order valence-corrected chi connectivity index (χ3v) is 2.33. The van der Waals surface area contributed by atoms with Crippen LogP contribution in [0.15, 0.2) is 23.0 Å². The molecule has 0 unspecified atom stereocenters. The molecule has 1 aromatic heterocycles. The highest BCUT2D eigenvalue weighted by atomic mass is 16.4. The van der Waals surface area contributed by atoms with Crippen LogP contribution < -0.4 is 11.2 Å². The number of hydrogen-bond donors (Lipinski definition) is 3. The molecule has 2 rings (SSSR count). The second-order valence-electron chi connectivity index (χ2n) is 3.45. The maximum atomic E-state index is 11.7. The highest BCUT2D eigenvalue weighted by molar-refractivity contribution is 5.94. The first-order valence-corrected chi connectivity index (χ1v) is 4.63. The highest BCUT2D eigenvalue weighted by Gasteiger charge is 2.10. The number of H-pyrrole nitrogens is 1. The van der Waals surface area contributed by atoms with E-state index in [2.05, 4.69) is 4.98 Å². The summed E-state index contributed by atoms with van der Waals surface area (Å²) in [7, 11) is 0. The van der Waals surface area contributed by atoms with Gasteiger partial charge in [0, 0.05) is 11.5 Å². The van der Waals surface area contributed by atoms with E-state index in [0.717, 1.165) is 6.07 Å². The molecule has 0 aliphatic carbocycles. The van der Waals surface area contributed by atoms with E-state index in [1.165, 1.54) is 12.1 Å². The van der Waals surface area contributed by atoms with Crippen molar-refractivity contribution < 1.29 is 9.90 Å². The molecule has 4 N–H and O–H groups in total. The highest BCUT2D eigenvalue weighted by Crippen LogP contribution is 2.18. The fourth-order valence-corrected chi connectivity index (χ4v) is 1.56. The van der Waals surface area contributed by atoms with Gasteiger partial charge in [0.05, 0.1) is 22.8 Å². The van der Waals surface area contributed by atoms with Gasteiger partial charge < -0.3 is 15.8 Å². The number of rotatable bonds is 1. The Hall–Kier alpha value is -2.81. The van der Waals surface area contributed by atoms with Gasteiger partial charge in [0.1, 0.15) is 5.69 Å². The number of carbonyl (C=O) groups is 1. The van der Waals surface area contributed by atoms with Crippen LogP contribution in [0, 0.1) is 11.3 Å². The largest absolute Gasteiger partial charge is 0.477 e. The number of fused-ring (bicyclic) bond motifs is 1. The number of nitrogens with one attached hydrogen (secondary N) is 1. The molecule has 0 spiro atoms. The van der Waals surface area contributed by atoms with Crippen molar-refractivity contribution in [1.29, 1.82) is 5.26 Å². The van der Waals surface area contributed by atoms with Crippen LogP contribution in [-0.4, -0.2) is 16.1 Å². The van der Waals surface area contributed by atoms with Gasteiger partial charge in [-0.1, -0.05) is 0 Å². The average molecular weight is 229 g/mol. The molecule has 84 valence electrons. The minimum atomic E-state index is -1.24. The van der Waals surface area contributed by atoms with Crippen LogP contribution in [0.2, 0.25) is 0 Å². The van der Waals surface area contributed by atoms with Gasteiger partial charge >= 0.3 is 5.97 Å². The average Bonchev–Trinajstić information content (AvgIpc) is 2.29. The zero-order valence-electron chi connectivity index (χ0n) is 8.52. The van der Waals surface area contributed by atoms with Crippen molar-refractivity contribution >= 4 is 22.6 Å². The molecule has 0 radical (unpaired) electrons. The van der Waals surface area contributed by atoms with Gasteiger partial charge in [0.25, 0.3) is 0 Å². The van der Waals surface area contributed by atoms with Crippen molar-refractivity contribution in [3.8, 4) is 6.07 Å². The van der Waals surface area contributed by atoms with Crippen LogP contribution in [0.1, 0.15) is 16.1 Å². The summed E-state index contributed by atoms with van der Waals surface area (Å²) in [5.74, 6) is -1.24. The first kappa shape index (κ1) is 10.7. The van der Waals surface area contributed by atoms with Crippen LogP contribution in [-0.2, 0) is 0 Å². The Balaban J connectivity index is 2.92. The zero-order chi connectivity index (χ0) is 12.6. The second-order valence-corrected chi connectivity index (χ2v) is 3.45. The van der Waals surface area contributed by atoms with Gasteiger partial charge in [-0.05, 0) is 12.1 Å². The lowest BCUT2D eigenvalue weighted by Crippen LogP contribution is -2.10. The molecule has 0 aliphatic rings. The Morgan fingerprint density at radius 1 is 1.41 bits per heavy atom. The number of hydrogen-bond acceptors (Lipinski definition) is 4. The first-order valence-electron chi connectivity index (χ1n) is 4.63. The molecule has 0 amide bonds. The molecule has 6 nitrogen and oxygen atoms in total. The van der Waals surface area contributed by atoms with Gasteiger partial charge in [-0.25, -0.2) is 4.79 Å². The van der Waals surface area contributed by atoms with E-state index >= 15 is 0 Å². The molecular weight excluding hydrogens is 222 g/mol. The van der Waals surface area contributed by atoms with Crippen molar-refractivity contribution in [2.45, 2.75) is 0 Å². The molecule has 0 fully saturated rings. The maximum absolute atomic E-state index is 11.7. The van der Waals surface area contributed by atoms with Gasteiger partial charge in [-0.2, -0.15) is 5.26 Å². The Labute approximate surface area is 94.9 Å². The Morgan fingerprint density at radius 2 is 2.12 bits per heavy atom. The number of anilines is 1. The van der Waals surface area contributed by atoms with Gasteiger partial charge in [-0.15, -0.1) is 0 Å². The SMILES string of the molecule is N#Cc1cc(N)c2[nH]c(C(=O)O)cc(=O)c2c1. The van der Waals surface area contributed by atoms with E-state index in [9.17, 15) is 9.59 Å². The van der Waals surface area contributed by atoms with E-state index in [1.54, 1.807) is 0 Å². The molecule has 0 atom stereocenters. The van der Waals surface area contributed by atoms with E-state index in [-0.39, 0.29) is 27.8 Å². The summed E-state index contributed by atoms with van der Waals surface area (Å²) in [6, 6.07) is 5.59. The lowest BCUT2D eigenvalue weighted by atomic mass is 10.1. The first-order chi connectivity index (χ1) is 8.02. The molecule has 0 saturated heterocycles.